The van der Waals surface area contributed by atoms with Gasteiger partial charge in [0, 0.05) is 18.8 Å². The van der Waals surface area contributed by atoms with Crippen molar-refractivity contribution in [2.75, 3.05) is 24.3 Å². The predicted octanol–water partition coefficient (Wildman–Crippen LogP) is 2.96. The zero-order valence-electron chi connectivity index (χ0n) is 12.8. The first kappa shape index (κ1) is 15.1. The Morgan fingerprint density at radius 3 is 2.57 bits per heavy atom. The second-order valence-electron chi connectivity index (χ2n) is 5.09. The average Bonchev–Trinajstić information content (AvgIpc) is 2.48. The van der Waals surface area contributed by atoms with Crippen LogP contribution in [-0.4, -0.2) is 29.7 Å². The van der Waals surface area contributed by atoms with Crippen LogP contribution in [0.15, 0.2) is 36.5 Å². The highest BCUT2D eigenvalue weighted by atomic mass is 16.5. The summed E-state index contributed by atoms with van der Waals surface area (Å²) in [5.41, 5.74) is 1.25. The van der Waals surface area contributed by atoms with E-state index in [4.69, 9.17) is 4.74 Å². The molecule has 5 heteroatoms. The Balaban J connectivity index is 1.85. The zero-order valence-corrected chi connectivity index (χ0v) is 12.8. The molecule has 0 aliphatic heterocycles. The van der Waals surface area contributed by atoms with E-state index in [9.17, 15) is 0 Å². The summed E-state index contributed by atoms with van der Waals surface area (Å²) in [7, 11) is 1.67. The third-order valence-corrected chi connectivity index (χ3v) is 2.95. The molecule has 0 saturated carbocycles. The van der Waals surface area contributed by atoms with Gasteiger partial charge in [-0.1, -0.05) is 12.1 Å². The Hall–Kier alpha value is -2.30. The van der Waals surface area contributed by atoms with Crippen LogP contribution in [-0.2, 0) is 6.42 Å². The number of rotatable bonds is 7. The zero-order chi connectivity index (χ0) is 15.1. The molecule has 0 saturated heterocycles. The molecule has 21 heavy (non-hydrogen) atoms. The van der Waals surface area contributed by atoms with Gasteiger partial charge in [0.1, 0.15) is 11.6 Å². The number of nitrogens with zero attached hydrogens (tertiary/aromatic N) is 2. The summed E-state index contributed by atoms with van der Waals surface area (Å²) in [5, 5.41) is 6.50. The number of methoxy groups -OCH3 is 1. The molecule has 112 valence electrons. The molecular weight excluding hydrogens is 264 g/mol. The summed E-state index contributed by atoms with van der Waals surface area (Å²) in [6, 6.07) is 10.3. The lowest BCUT2D eigenvalue weighted by Gasteiger charge is -2.10. The second-order valence-corrected chi connectivity index (χ2v) is 5.09. The minimum atomic E-state index is 0.354. The van der Waals surface area contributed by atoms with Gasteiger partial charge < -0.3 is 15.4 Å². The van der Waals surface area contributed by atoms with Gasteiger partial charge in [0.05, 0.1) is 7.11 Å². The molecular formula is C16H22N4O. The van der Waals surface area contributed by atoms with Gasteiger partial charge in [0.25, 0.3) is 0 Å². The SMILES string of the molecule is COc1ccc(CCNc2nccc(NC(C)C)n2)cc1. The molecule has 1 heterocycles. The smallest absolute Gasteiger partial charge is 0.224 e. The van der Waals surface area contributed by atoms with Crippen LogP contribution in [0.3, 0.4) is 0 Å². The van der Waals surface area contributed by atoms with Crippen molar-refractivity contribution in [1.82, 2.24) is 9.97 Å². The average molecular weight is 286 g/mol. The van der Waals surface area contributed by atoms with Gasteiger partial charge in [0.2, 0.25) is 5.95 Å². The fourth-order valence-electron chi connectivity index (χ4n) is 1.93. The van der Waals surface area contributed by atoms with Crippen LogP contribution < -0.4 is 15.4 Å². The molecule has 2 rings (SSSR count). The highest BCUT2D eigenvalue weighted by Gasteiger charge is 2.01. The summed E-state index contributed by atoms with van der Waals surface area (Å²) in [6.07, 6.45) is 2.67. The molecule has 0 aliphatic carbocycles. The van der Waals surface area contributed by atoms with Gasteiger partial charge in [-0.2, -0.15) is 4.98 Å². The molecule has 5 nitrogen and oxygen atoms in total. The van der Waals surface area contributed by atoms with Crippen molar-refractivity contribution in [3.05, 3.63) is 42.1 Å². The molecule has 0 fully saturated rings. The molecule has 0 amide bonds. The Morgan fingerprint density at radius 2 is 1.90 bits per heavy atom. The van der Waals surface area contributed by atoms with Crippen LogP contribution >= 0.6 is 0 Å². The first-order chi connectivity index (χ1) is 10.2. The minimum Gasteiger partial charge on any atom is -0.497 e. The van der Waals surface area contributed by atoms with E-state index in [-0.39, 0.29) is 0 Å². The van der Waals surface area contributed by atoms with Crippen molar-refractivity contribution in [2.24, 2.45) is 0 Å². The van der Waals surface area contributed by atoms with E-state index < -0.39 is 0 Å². The Kier molecular flexibility index (Phi) is 5.37. The lowest BCUT2D eigenvalue weighted by Crippen LogP contribution is -2.13. The number of nitrogens with one attached hydrogen (secondary N) is 2. The summed E-state index contributed by atoms with van der Waals surface area (Å²) in [6.45, 7) is 4.95. The van der Waals surface area contributed by atoms with Crippen LogP contribution in [0.2, 0.25) is 0 Å². The van der Waals surface area contributed by atoms with Crippen molar-refractivity contribution in [2.45, 2.75) is 26.3 Å². The first-order valence-electron chi connectivity index (χ1n) is 7.14. The lowest BCUT2D eigenvalue weighted by atomic mass is 10.1. The molecule has 0 spiro atoms. The van der Waals surface area contributed by atoms with E-state index in [1.54, 1.807) is 13.3 Å². The maximum atomic E-state index is 5.15. The number of hydrogen-bond donors (Lipinski definition) is 2. The standard InChI is InChI=1S/C16H22N4O/c1-12(2)19-15-9-11-18-16(20-15)17-10-8-13-4-6-14(21-3)7-5-13/h4-7,9,11-12H,8,10H2,1-3H3,(H2,17,18,19,20). The van der Waals surface area contributed by atoms with E-state index in [0.717, 1.165) is 24.5 Å². The van der Waals surface area contributed by atoms with Crippen molar-refractivity contribution in [1.29, 1.82) is 0 Å². The molecule has 0 aliphatic rings. The Bertz CT molecular complexity index is 554. The van der Waals surface area contributed by atoms with Crippen molar-refractivity contribution < 1.29 is 4.74 Å². The topological polar surface area (TPSA) is 59.1 Å². The summed E-state index contributed by atoms with van der Waals surface area (Å²) in [5.74, 6) is 2.36. The molecule has 1 aromatic heterocycles. The van der Waals surface area contributed by atoms with Crippen LogP contribution in [0.4, 0.5) is 11.8 Å². The molecule has 1 aromatic carbocycles. The van der Waals surface area contributed by atoms with Crippen molar-refractivity contribution in [3.8, 4) is 5.75 Å². The molecule has 2 aromatic rings. The Morgan fingerprint density at radius 1 is 1.14 bits per heavy atom. The third kappa shape index (κ3) is 4.95. The largest absolute Gasteiger partial charge is 0.497 e. The normalized spacial score (nSPS) is 10.5. The van der Waals surface area contributed by atoms with Crippen molar-refractivity contribution in [3.63, 3.8) is 0 Å². The number of benzene rings is 1. The number of aromatic nitrogens is 2. The van der Waals surface area contributed by atoms with E-state index in [2.05, 4.69) is 46.6 Å². The monoisotopic (exact) mass is 286 g/mol. The quantitative estimate of drug-likeness (QED) is 0.819. The summed E-state index contributed by atoms with van der Waals surface area (Å²) < 4.78 is 5.15. The molecule has 0 radical (unpaired) electrons. The predicted molar refractivity (Wildman–Crippen MR) is 86.0 cm³/mol. The van der Waals surface area contributed by atoms with Crippen LogP contribution in [0.5, 0.6) is 5.75 Å². The molecule has 2 N–H and O–H groups in total. The van der Waals surface area contributed by atoms with E-state index in [1.165, 1.54) is 5.56 Å². The summed E-state index contributed by atoms with van der Waals surface area (Å²) >= 11 is 0. The number of ether oxygens (including phenoxy) is 1. The highest BCUT2D eigenvalue weighted by molar-refractivity contribution is 5.40. The number of hydrogen-bond acceptors (Lipinski definition) is 5. The molecule has 0 atom stereocenters. The van der Waals surface area contributed by atoms with E-state index in [0.29, 0.717) is 12.0 Å². The van der Waals surface area contributed by atoms with Gasteiger partial charge >= 0.3 is 0 Å². The van der Waals surface area contributed by atoms with E-state index >= 15 is 0 Å². The second kappa shape index (κ2) is 7.47. The van der Waals surface area contributed by atoms with E-state index in [1.807, 2.05) is 18.2 Å². The number of anilines is 2. The Labute approximate surface area is 125 Å². The minimum absolute atomic E-state index is 0.354. The van der Waals surface area contributed by atoms with Gasteiger partial charge in [-0.15, -0.1) is 0 Å². The fraction of sp³-hybridized carbons (Fsp3) is 0.375. The molecule has 0 bridgehead atoms. The lowest BCUT2D eigenvalue weighted by molar-refractivity contribution is 0.414. The van der Waals surface area contributed by atoms with Gasteiger partial charge in [-0.3, -0.25) is 0 Å². The fourth-order valence-corrected chi connectivity index (χ4v) is 1.93. The van der Waals surface area contributed by atoms with Crippen LogP contribution in [0, 0.1) is 0 Å². The summed E-state index contributed by atoms with van der Waals surface area (Å²) in [4.78, 5) is 8.64. The van der Waals surface area contributed by atoms with Gasteiger partial charge in [-0.05, 0) is 44.0 Å². The third-order valence-electron chi connectivity index (χ3n) is 2.95. The van der Waals surface area contributed by atoms with Crippen molar-refractivity contribution >= 4 is 11.8 Å². The highest BCUT2D eigenvalue weighted by Crippen LogP contribution is 2.12. The maximum absolute atomic E-state index is 5.15. The molecule has 0 unspecified atom stereocenters. The maximum Gasteiger partial charge on any atom is 0.224 e. The van der Waals surface area contributed by atoms with Crippen LogP contribution in [0.25, 0.3) is 0 Å². The van der Waals surface area contributed by atoms with Gasteiger partial charge in [0.15, 0.2) is 0 Å². The van der Waals surface area contributed by atoms with Gasteiger partial charge in [-0.25, -0.2) is 4.98 Å². The first-order valence-corrected chi connectivity index (χ1v) is 7.14. The van der Waals surface area contributed by atoms with Crippen LogP contribution in [0.1, 0.15) is 19.4 Å².